The first-order valence-corrected chi connectivity index (χ1v) is 9.42. The van der Waals surface area contributed by atoms with Gasteiger partial charge in [0.2, 0.25) is 0 Å². The molecule has 3 aromatic carbocycles. The third-order valence-corrected chi connectivity index (χ3v) is 4.38. The summed E-state index contributed by atoms with van der Waals surface area (Å²) in [5, 5.41) is 9.14. The highest BCUT2D eigenvalue weighted by atomic mass is 16.5. The Morgan fingerprint density at radius 1 is 1.00 bits per heavy atom. The summed E-state index contributed by atoms with van der Waals surface area (Å²) in [4.78, 5) is 15.6. The van der Waals surface area contributed by atoms with Crippen LogP contribution in [0.15, 0.2) is 71.7 Å². The number of rotatable bonds is 8. The Kier molecular flexibility index (Phi) is 6.70. The lowest BCUT2D eigenvalue weighted by atomic mass is 10.2. The van der Waals surface area contributed by atoms with Crippen molar-refractivity contribution in [2.75, 3.05) is 7.11 Å². The zero-order valence-corrected chi connectivity index (χ0v) is 17.0. The van der Waals surface area contributed by atoms with Gasteiger partial charge in [0.25, 0.3) is 0 Å². The number of aliphatic carboxylic acids is 1. The molecule has 0 saturated carbocycles. The molecule has 0 bridgehead atoms. The van der Waals surface area contributed by atoms with Gasteiger partial charge in [0.1, 0.15) is 11.5 Å². The molecule has 1 atom stereocenters. The average Bonchev–Trinajstić information content (AvgIpc) is 2.75. The smallest absolute Gasteiger partial charge is 0.344 e. The van der Waals surface area contributed by atoms with Crippen LogP contribution in [0.2, 0.25) is 0 Å². The summed E-state index contributed by atoms with van der Waals surface area (Å²) < 4.78 is 16.8. The predicted octanol–water partition coefficient (Wildman–Crippen LogP) is 5.40. The Balaban J connectivity index is 1.78. The molecule has 0 fully saturated rings. The molecule has 6 heteroatoms. The summed E-state index contributed by atoms with van der Waals surface area (Å²) in [5.41, 5.74) is 2.38. The third-order valence-electron chi connectivity index (χ3n) is 4.38. The Morgan fingerprint density at radius 3 is 2.37 bits per heavy atom. The summed E-state index contributed by atoms with van der Waals surface area (Å²) in [5.74, 6) is 1.23. The van der Waals surface area contributed by atoms with Crippen LogP contribution in [-0.4, -0.2) is 30.5 Å². The molecule has 0 amide bonds. The quantitative estimate of drug-likeness (QED) is 0.508. The van der Waals surface area contributed by atoms with Crippen molar-refractivity contribution >= 4 is 17.9 Å². The molecular weight excluding hydrogens is 382 g/mol. The van der Waals surface area contributed by atoms with Crippen molar-refractivity contribution in [2.45, 2.75) is 20.0 Å². The van der Waals surface area contributed by atoms with E-state index in [1.54, 1.807) is 24.4 Å². The molecule has 0 unspecified atom stereocenters. The molecule has 0 aromatic heterocycles. The number of carbonyl (C=O) groups is 1. The van der Waals surface area contributed by atoms with E-state index in [4.69, 9.17) is 19.3 Å². The minimum Gasteiger partial charge on any atom is -0.493 e. The van der Waals surface area contributed by atoms with Gasteiger partial charge in [0, 0.05) is 11.8 Å². The van der Waals surface area contributed by atoms with E-state index in [-0.39, 0.29) is 0 Å². The normalized spacial score (nSPS) is 11.8. The van der Waals surface area contributed by atoms with Crippen molar-refractivity contribution in [1.29, 1.82) is 0 Å². The van der Waals surface area contributed by atoms with Gasteiger partial charge in [0.05, 0.1) is 12.8 Å². The van der Waals surface area contributed by atoms with Gasteiger partial charge in [-0.15, -0.1) is 0 Å². The number of hydrogen-bond donors (Lipinski definition) is 1. The number of carboxylic acid groups (broad SMARTS) is 1. The zero-order chi connectivity index (χ0) is 21.5. The van der Waals surface area contributed by atoms with E-state index in [1.165, 1.54) is 14.0 Å². The van der Waals surface area contributed by atoms with E-state index in [0.717, 1.165) is 11.3 Å². The average molecular weight is 405 g/mol. The maximum absolute atomic E-state index is 11.2. The van der Waals surface area contributed by atoms with E-state index in [1.807, 2.05) is 55.5 Å². The molecule has 0 saturated heterocycles. The second kappa shape index (κ2) is 9.60. The lowest BCUT2D eigenvalue weighted by molar-refractivity contribution is -0.144. The first kappa shape index (κ1) is 20.9. The minimum absolute atomic E-state index is 0.332. The van der Waals surface area contributed by atoms with Crippen molar-refractivity contribution in [1.82, 2.24) is 0 Å². The fourth-order valence-corrected chi connectivity index (χ4v) is 2.69. The van der Waals surface area contributed by atoms with Crippen molar-refractivity contribution < 1.29 is 24.1 Å². The number of aryl methyl sites for hydroxylation is 1. The Labute approximate surface area is 175 Å². The van der Waals surface area contributed by atoms with Gasteiger partial charge >= 0.3 is 5.97 Å². The van der Waals surface area contributed by atoms with Crippen LogP contribution in [0.5, 0.6) is 23.0 Å². The van der Waals surface area contributed by atoms with Crippen molar-refractivity contribution in [3.8, 4) is 23.0 Å². The van der Waals surface area contributed by atoms with Gasteiger partial charge < -0.3 is 19.3 Å². The first-order valence-electron chi connectivity index (χ1n) is 9.42. The standard InChI is InChI=1S/C24H23NO5/c1-16-7-4-5-9-21(16)30-20-13-11-19(12-14-20)25-15-18-8-6-10-22(28-3)23(18)29-17(2)24(26)27/h4-15,17H,1-3H3,(H,26,27)/t17-/m1/s1. The molecule has 30 heavy (non-hydrogen) atoms. The molecule has 0 heterocycles. The molecule has 3 rings (SSSR count). The zero-order valence-electron chi connectivity index (χ0n) is 17.0. The molecule has 154 valence electrons. The highest BCUT2D eigenvalue weighted by molar-refractivity contribution is 5.87. The van der Waals surface area contributed by atoms with Gasteiger partial charge in [-0.2, -0.15) is 0 Å². The number of para-hydroxylation sites is 2. The third kappa shape index (κ3) is 5.17. The maximum atomic E-state index is 11.2. The van der Waals surface area contributed by atoms with E-state index in [2.05, 4.69) is 4.99 Å². The molecule has 3 aromatic rings. The summed E-state index contributed by atoms with van der Waals surface area (Å²) >= 11 is 0. The number of benzene rings is 3. The van der Waals surface area contributed by atoms with E-state index in [0.29, 0.717) is 28.5 Å². The summed E-state index contributed by atoms with van der Waals surface area (Å²) in [6, 6.07) is 20.4. The van der Waals surface area contributed by atoms with Crippen LogP contribution in [0.1, 0.15) is 18.1 Å². The fraction of sp³-hybridized carbons (Fsp3) is 0.167. The fourth-order valence-electron chi connectivity index (χ4n) is 2.69. The molecule has 6 nitrogen and oxygen atoms in total. The van der Waals surface area contributed by atoms with Crippen LogP contribution >= 0.6 is 0 Å². The van der Waals surface area contributed by atoms with Crippen molar-refractivity contribution in [3.05, 3.63) is 77.9 Å². The molecule has 0 aliphatic carbocycles. The van der Waals surface area contributed by atoms with Gasteiger partial charge in [-0.1, -0.05) is 24.3 Å². The second-order valence-electron chi connectivity index (χ2n) is 6.60. The number of methoxy groups -OCH3 is 1. The van der Waals surface area contributed by atoms with Crippen LogP contribution in [0, 0.1) is 6.92 Å². The molecular formula is C24H23NO5. The highest BCUT2D eigenvalue weighted by Crippen LogP contribution is 2.32. The highest BCUT2D eigenvalue weighted by Gasteiger charge is 2.17. The lowest BCUT2D eigenvalue weighted by Gasteiger charge is -2.15. The largest absolute Gasteiger partial charge is 0.493 e. The predicted molar refractivity (Wildman–Crippen MR) is 116 cm³/mol. The molecule has 0 aliphatic rings. The SMILES string of the molecule is COc1cccc(C=Nc2ccc(Oc3ccccc3C)cc2)c1O[C@H](C)C(=O)O. The van der Waals surface area contributed by atoms with E-state index >= 15 is 0 Å². The molecule has 0 spiro atoms. The first-order chi connectivity index (χ1) is 14.5. The van der Waals surface area contributed by atoms with Gasteiger partial charge in [-0.25, -0.2) is 4.79 Å². The summed E-state index contributed by atoms with van der Waals surface area (Å²) in [7, 11) is 1.50. The van der Waals surface area contributed by atoms with Crippen molar-refractivity contribution in [3.63, 3.8) is 0 Å². The van der Waals surface area contributed by atoms with Gasteiger partial charge in [0.15, 0.2) is 17.6 Å². The topological polar surface area (TPSA) is 77.3 Å². The molecule has 1 N–H and O–H groups in total. The molecule has 0 aliphatic heterocycles. The number of hydrogen-bond acceptors (Lipinski definition) is 5. The van der Waals surface area contributed by atoms with Crippen LogP contribution < -0.4 is 14.2 Å². The van der Waals surface area contributed by atoms with Gasteiger partial charge in [-0.05, 0) is 61.9 Å². The van der Waals surface area contributed by atoms with E-state index in [9.17, 15) is 4.79 Å². The number of carboxylic acids is 1. The number of nitrogens with zero attached hydrogens (tertiary/aromatic N) is 1. The van der Waals surface area contributed by atoms with Crippen LogP contribution in [-0.2, 0) is 4.79 Å². The Hall–Kier alpha value is -3.80. The summed E-state index contributed by atoms with van der Waals surface area (Å²) in [6.07, 6.45) is 0.593. The van der Waals surface area contributed by atoms with Crippen LogP contribution in [0.4, 0.5) is 5.69 Å². The van der Waals surface area contributed by atoms with Crippen LogP contribution in [0.25, 0.3) is 0 Å². The number of ether oxygens (including phenoxy) is 3. The second-order valence-corrected chi connectivity index (χ2v) is 6.60. The molecule has 0 radical (unpaired) electrons. The minimum atomic E-state index is -1.06. The van der Waals surface area contributed by atoms with E-state index < -0.39 is 12.1 Å². The van der Waals surface area contributed by atoms with Gasteiger partial charge in [-0.3, -0.25) is 4.99 Å². The maximum Gasteiger partial charge on any atom is 0.344 e. The lowest BCUT2D eigenvalue weighted by Crippen LogP contribution is -2.23. The van der Waals surface area contributed by atoms with Crippen molar-refractivity contribution in [2.24, 2.45) is 4.99 Å². The Bertz CT molecular complexity index is 1040. The monoisotopic (exact) mass is 405 g/mol. The Morgan fingerprint density at radius 2 is 1.70 bits per heavy atom. The van der Waals surface area contributed by atoms with Crippen LogP contribution in [0.3, 0.4) is 0 Å². The summed E-state index contributed by atoms with van der Waals surface area (Å²) in [6.45, 7) is 3.45. The number of aliphatic imine (C=N–C) groups is 1.